The number of nitrogens with zero attached hydrogens (tertiary/aromatic N) is 1. The number of aliphatic hydroxyl groups is 1. The molecular formula is C31H37ClN2O5S. The van der Waals surface area contributed by atoms with Crippen LogP contribution in [0.2, 0.25) is 5.02 Å². The Labute approximate surface area is 241 Å². The Hall–Kier alpha value is -2.55. The number of benzene rings is 2. The van der Waals surface area contributed by atoms with Gasteiger partial charge in [0.2, 0.25) is 10.0 Å². The van der Waals surface area contributed by atoms with E-state index in [1.165, 1.54) is 11.1 Å². The third-order valence-electron chi connectivity index (χ3n) is 9.73. The van der Waals surface area contributed by atoms with Crippen LogP contribution < -0.4 is 14.4 Å². The van der Waals surface area contributed by atoms with Gasteiger partial charge in [0.15, 0.2) is 0 Å². The van der Waals surface area contributed by atoms with Crippen LogP contribution in [0.25, 0.3) is 0 Å². The van der Waals surface area contributed by atoms with Crippen molar-refractivity contribution in [3.8, 4) is 5.75 Å². The molecule has 1 fully saturated rings. The molecule has 0 aromatic heterocycles. The van der Waals surface area contributed by atoms with Crippen LogP contribution >= 0.6 is 11.6 Å². The second-order valence-corrected chi connectivity index (χ2v) is 14.6. The SMILES string of the molecule is C[C@]12CC[C@H]1CN1C[C@@]3(CCCc4cc(Cl)ccc43)COc3ccc(cc31)C(=O)NS(=O)(=O)CCC/C=C/[C@@H]2O. The summed E-state index contributed by atoms with van der Waals surface area (Å²) >= 11 is 6.38. The van der Waals surface area contributed by atoms with E-state index < -0.39 is 22.0 Å². The highest BCUT2D eigenvalue weighted by molar-refractivity contribution is 7.90. The number of ether oxygens (including phenoxy) is 1. The summed E-state index contributed by atoms with van der Waals surface area (Å²) in [5.41, 5.74) is 3.03. The number of halogens is 1. The molecule has 4 atom stereocenters. The molecule has 0 radical (unpaired) electrons. The molecule has 0 saturated heterocycles. The number of aliphatic hydroxyl groups excluding tert-OH is 1. The van der Waals surface area contributed by atoms with E-state index in [4.69, 9.17) is 16.3 Å². The van der Waals surface area contributed by atoms with Gasteiger partial charge in [-0.3, -0.25) is 4.79 Å². The number of carbonyl (C=O) groups is 1. The fourth-order valence-electron chi connectivity index (χ4n) is 7.10. The minimum absolute atomic E-state index is 0.162. The van der Waals surface area contributed by atoms with Crippen molar-refractivity contribution in [3.63, 3.8) is 0 Å². The molecule has 2 aromatic rings. The average Bonchev–Trinajstić information content (AvgIpc) is 3.06. The van der Waals surface area contributed by atoms with Crippen LogP contribution in [-0.2, 0) is 21.9 Å². The molecule has 214 valence electrons. The van der Waals surface area contributed by atoms with E-state index in [-0.39, 0.29) is 28.1 Å². The van der Waals surface area contributed by atoms with E-state index >= 15 is 0 Å². The zero-order chi connectivity index (χ0) is 28.1. The Morgan fingerprint density at radius 2 is 2.00 bits per heavy atom. The molecule has 1 saturated carbocycles. The van der Waals surface area contributed by atoms with Crippen molar-refractivity contribution in [2.45, 2.75) is 63.4 Å². The molecule has 1 spiro atoms. The average molecular weight is 585 g/mol. The molecule has 0 unspecified atom stereocenters. The zero-order valence-electron chi connectivity index (χ0n) is 22.9. The first-order valence-corrected chi connectivity index (χ1v) is 16.3. The molecule has 1 amide bonds. The standard InChI is InChI=1S/C31H37ClN2O5S/c1-30-14-12-23(30)18-34-19-31(13-5-6-21-16-24(32)9-10-25(21)31)20-39-27-11-8-22(17-26(27)34)29(36)33-40(37,38)15-4-2-3-7-28(30)35/h3,7-11,16-17,23,28,35H,2,4-6,12-15,18-20H2,1H3,(H,33,36)/b7-3+/t23-,28-,30-,31-/m0/s1. The van der Waals surface area contributed by atoms with E-state index in [0.717, 1.165) is 42.8 Å². The van der Waals surface area contributed by atoms with Crippen molar-refractivity contribution in [2.75, 3.05) is 30.3 Å². The van der Waals surface area contributed by atoms with Gasteiger partial charge in [-0.15, -0.1) is 0 Å². The van der Waals surface area contributed by atoms with Gasteiger partial charge < -0.3 is 14.7 Å². The molecule has 2 bridgehead atoms. The van der Waals surface area contributed by atoms with Crippen molar-refractivity contribution >= 4 is 33.2 Å². The quantitative estimate of drug-likeness (QED) is 0.423. The second kappa shape index (κ2) is 10.4. The zero-order valence-corrected chi connectivity index (χ0v) is 24.4. The molecule has 2 aliphatic heterocycles. The maximum absolute atomic E-state index is 13.1. The lowest BCUT2D eigenvalue weighted by atomic mass is 9.58. The van der Waals surface area contributed by atoms with Crippen molar-refractivity contribution in [3.05, 3.63) is 70.3 Å². The van der Waals surface area contributed by atoms with Crippen molar-refractivity contribution in [2.24, 2.45) is 11.3 Å². The van der Waals surface area contributed by atoms with Gasteiger partial charge in [0, 0.05) is 34.5 Å². The van der Waals surface area contributed by atoms with Gasteiger partial charge in [-0.05, 0) is 92.3 Å². The molecule has 2 heterocycles. The fraction of sp³-hybridized carbons (Fsp3) is 0.516. The van der Waals surface area contributed by atoms with E-state index in [2.05, 4.69) is 28.7 Å². The second-order valence-electron chi connectivity index (χ2n) is 12.3. The molecule has 2 aliphatic carbocycles. The number of allylic oxidation sites excluding steroid dienone is 1. The number of amides is 1. The maximum Gasteiger partial charge on any atom is 0.264 e. The molecule has 9 heteroatoms. The van der Waals surface area contributed by atoms with Crippen molar-refractivity contribution in [1.82, 2.24) is 4.72 Å². The first-order chi connectivity index (χ1) is 19.1. The van der Waals surface area contributed by atoms with Crippen LogP contribution in [0.1, 0.15) is 66.9 Å². The number of nitrogens with one attached hydrogen (secondary N) is 1. The first kappa shape index (κ1) is 27.6. The summed E-state index contributed by atoms with van der Waals surface area (Å²) in [6.07, 6.45) is 8.85. The van der Waals surface area contributed by atoms with E-state index in [1.807, 2.05) is 18.2 Å². The van der Waals surface area contributed by atoms with Crippen LogP contribution in [0.4, 0.5) is 5.69 Å². The van der Waals surface area contributed by atoms with Gasteiger partial charge in [-0.1, -0.05) is 36.7 Å². The fourth-order valence-corrected chi connectivity index (χ4v) is 8.35. The Morgan fingerprint density at radius 1 is 1.15 bits per heavy atom. The number of aryl methyl sites for hydroxylation is 1. The summed E-state index contributed by atoms with van der Waals surface area (Å²) in [5.74, 6) is 0.130. The molecule has 6 rings (SSSR count). The van der Waals surface area contributed by atoms with Crippen LogP contribution in [-0.4, -0.2) is 51.0 Å². The van der Waals surface area contributed by atoms with E-state index in [9.17, 15) is 18.3 Å². The van der Waals surface area contributed by atoms with Gasteiger partial charge >= 0.3 is 0 Å². The van der Waals surface area contributed by atoms with Crippen molar-refractivity contribution < 1.29 is 23.1 Å². The number of fused-ring (bicyclic) bond motifs is 4. The smallest absolute Gasteiger partial charge is 0.264 e. The summed E-state index contributed by atoms with van der Waals surface area (Å²) in [7, 11) is -3.79. The molecule has 40 heavy (non-hydrogen) atoms. The summed E-state index contributed by atoms with van der Waals surface area (Å²) in [4.78, 5) is 15.4. The lowest BCUT2D eigenvalue weighted by Crippen LogP contribution is -2.53. The van der Waals surface area contributed by atoms with Gasteiger partial charge in [-0.25, -0.2) is 13.1 Å². The summed E-state index contributed by atoms with van der Waals surface area (Å²) in [6.45, 7) is 4.04. The van der Waals surface area contributed by atoms with Gasteiger partial charge in [-0.2, -0.15) is 0 Å². The highest BCUT2D eigenvalue weighted by atomic mass is 35.5. The van der Waals surface area contributed by atoms with Gasteiger partial charge in [0.05, 0.1) is 24.2 Å². The minimum atomic E-state index is -3.79. The van der Waals surface area contributed by atoms with E-state index in [1.54, 1.807) is 18.2 Å². The Bertz CT molecular complexity index is 1460. The van der Waals surface area contributed by atoms with Crippen LogP contribution in [0, 0.1) is 11.3 Å². The number of hydrogen-bond donors (Lipinski definition) is 2. The third kappa shape index (κ3) is 5.03. The Balaban J connectivity index is 1.44. The third-order valence-corrected chi connectivity index (χ3v) is 11.3. The van der Waals surface area contributed by atoms with Crippen LogP contribution in [0.5, 0.6) is 5.75 Å². The lowest BCUT2D eigenvalue weighted by Gasteiger charge is -2.52. The predicted octanol–water partition coefficient (Wildman–Crippen LogP) is 5.00. The normalized spacial score (nSPS) is 32.5. The van der Waals surface area contributed by atoms with Crippen molar-refractivity contribution in [1.29, 1.82) is 0 Å². The lowest BCUT2D eigenvalue weighted by molar-refractivity contribution is -0.0469. The number of sulfonamides is 1. The number of rotatable bonds is 0. The largest absolute Gasteiger partial charge is 0.490 e. The van der Waals surface area contributed by atoms with Gasteiger partial charge in [0.25, 0.3) is 5.91 Å². The molecule has 2 aromatic carbocycles. The van der Waals surface area contributed by atoms with Crippen LogP contribution in [0.15, 0.2) is 48.6 Å². The minimum Gasteiger partial charge on any atom is -0.490 e. The van der Waals surface area contributed by atoms with Gasteiger partial charge in [0.1, 0.15) is 5.75 Å². The highest BCUT2D eigenvalue weighted by Crippen LogP contribution is 2.52. The number of carbonyl (C=O) groups excluding carboxylic acids is 1. The van der Waals surface area contributed by atoms with Crippen LogP contribution in [0.3, 0.4) is 0 Å². The monoisotopic (exact) mass is 584 g/mol. The topological polar surface area (TPSA) is 95.9 Å². The molecule has 4 aliphatic rings. The molecule has 2 N–H and O–H groups in total. The number of hydrogen-bond acceptors (Lipinski definition) is 6. The predicted molar refractivity (Wildman–Crippen MR) is 157 cm³/mol. The Kier molecular flexibility index (Phi) is 7.16. The summed E-state index contributed by atoms with van der Waals surface area (Å²) in [5, 5.41) is 11.9. The first-order valence-electron chi connectivity index (χ1n) is 14.3. The van der Waals surface area contributed by atoms with E-state index in [0.29, 0.717) is 38.3 Å². The molecule has 7 nitrogen and oxygen atoms in total. The highest BCUT2D eigenvalue weighted by Gasteiger charge is 2.49. The number of anilines is 1. The summed E-state index contributed by atoms with van der Waals surface area (Å²) in [6, 6.07) is 11.3. The maximum atomic E-state index is 13.1. The summed E-state index contributed by atoms with van der Waals surface area (Å²) < 4.78 is 34.0. The molecular weight excluding hydrogens is 548 g/mol. The Morgan fingerprint density at radius 3 is 2.80 bits per heavy atom.